The van der Waals surface area contributed by atoms with Crippen molar-refractivity contribution in [2.45, 2.75) is 41.2 Å². The maximum Gasteiger partial charge on any atom is 0.416 e. The Hall–Kier alpha value is -0.450. The first-order valence-electron chi connectivity index (χ1n) is 7.32. The second-order valence-corrected chi connectivity index (χ2v) is 8.01. The van der Waals surface area contributed by atoms with Gasteiger partial charge < -0.3 is 4.90 Å². The molecule has 6 heteroatoms. The Morgan fingerprint density at radius 2 is 1.86 bits per heavy atom. The molecule has 0 bridgehead atoms. The van der Waals surface area contributed by atoms with Crippen molar-refractivity contribution in [1.29, 1.82) is 0 Å². The quantitative estimate of drug-likeness (QED) is 0.687. The molecule has 0 spiro atoms. The van der Waals surface area contributed by atoms with Gasteiger partial charge >= 0.3 is 6.18 Å². The second kappa shape index (κ2) is 5.02. The molecule has 3 rings (SSSR count). The predicted octanol–water partition coefficient (Wildman–Crippen LogP) is 4.86. The Labute approximate surface area is 138 Å². The monoisotopic (exact) mass is 351 g/mol. The maximum absolute atomic E-state index is 13.0. The SMILES string of the molecule is CN(C)[C@@H]1CC[C@H]2C(Cl)(Cl)[C@@]2(c2cccc(C(F)(F)F)c2)C1. The molecule has 0 aromatic heterocycles. The normalized spacial score (nSPS) is 33.6. The maximum atomic E-state index is 13.0. The summed E-state index contributed by atoms with van der Waals surface area (Å²) in [6.07, 6.45) is -1.85. The van der Waals surface area contributed by atoms with Gasteiger partial charge in [-0.2, -0.15) is 13.2 Å². The summed E-state index contributed by atoms with van der Waals surface area (Å²) in [4.78, 5) is 2.10. The van der Waals surface area contributed by atoms with Crippen molar-refractivity contribution in [3.05, 3.63) is 35.4 Å². The van der Waals surface area contributed by atoms with E-state index in [2.05, 4.69) is 4.90 Å². The lowest BCUT2D eigenvalue weighted by molar-refractivity contribution is -0.137. The highest BCUT2D eigenvalue weighted by atomic mass is 35.5. The molecular formula is C16H18Cl2F3N. The first-order valence-corrected chi connectivity index (χ1v) is 8.08. The van der Waals surface area contributed by atoms with Crippen molar-refractivity contribution >= 4 is 23.2 Å². The van der Waals surface area contributed by atoms with Crippen LogP contribution in [0.15, 0.2) is 24.3 Å². The Kier molecular flexibility index (Phi) is 3.75. The van der Waals surface area contributed by atoms with Crippen molar-refractivity contribution < 1.29 is 13.2 Å². The first-order chi connectivity index (χ1) is 10.1. The molecule has 22 heavy (non-hydrogen) atoms. The summed E-state index contributed by atoms with van der Waals surface area (Å²) < 4.78 is 38.0. The van der Waals surface area contributed by atoms with E-state index in [4.69, 9.17) is 23.2 Å². The average Bonchev–Trinajstić information content (AvgIpc) is 2.95. The lowest BCUT2D eigenvalue weighted by atomic mass is 9.79. The van der Waals surface area contributed by atoms with Crippen molar-refractivity contribution in [3.8, 4) is 0 Å². The Bertz CT molecular complexity index is 585. The summed E-state index contributed by atoms with van der Waals surface area (Å²) in [7, 11) is 3.97. The fraction of sp³-hybridized carbons (Fsp3) is 0.625. The van der Waals surface area contributed by atoms with Crippen LogP contribution in [0.1, 0.15) is 30.4 Å². The summed E-state index contributed by atoms with van der Waals surface area (Å²) in [6, 6.07) is 5.77. The van der Waals surface area contributed by atoms with Crippen LogP contribution in [0.4, 0.5) is 13.2 Å². The molecule has 2 aliphatic carbocycles. The van der Waals surface area contributed by atoms with Gasteiger partial charge in [-0.05, 0) is 45.0 Å². The lowest BCUT2D eigenvalue weighted by Gasteiger charge is -2.33. The van der Waals surface area contributed by atoms with Crippen LogP contribution in [0.3, 0.4) is 0 Å². The number of hydrogen-bond acceptors (Lipinski definition) is 1. The highest BCUT2D eigenvalue weighted by Gasteiger charge is 2.77. The molecule has 0 radical (unpaired) electrons. The zero-order chi connectivity index (χ0) is 16.3. The second-order valence-electron chi connectivity index (χ2n) is 6.62. The summed E-state index contributed by atoms with van der Waals surface area (Å²) in [6.45, 7) is 0. The minimum absolute atomic E-state index is 0.0306. The molecule has 0 unspecified atom stereocenters. The Balaban J connectivity index is 2.02. The summed E-state index contributed by atoms with van der Waals surface area (Å²) in [5, 5.41) is 0. The van der Waals surface area contributed by atoms with Gasteiger partial charge in [-0.25, -0.2) is 0 Å². The van der Waals surface area contributed by atoms with Gasteiger partial charge in [-0.3, -0.25) is 0 Å². The number of fused-ring (bicyclic) bond motifs is 1. The van der Waals surface area contributed by atoms with E-state index in [0.717, 1.165) is 18.9 Å². The third kappa shape index (κ3) is 2.26. The molecule has 0 aliphatic heterocycles. The van der Waals surface area contributed by atoms with E-state index in [1.54, 1.807) is 6.07 Å². The van der Waals surface area contributed by atoms with E-state index < -0.39 is 21.5 Å². The standard InChI is InChI=1S/C16H18Cl2F3N/c1-22(2)12-6-7-13-14(9-12,15(13,17)18)10-4-3-5-11(8-10)16(19,20)21/h3-5,8,12-13H,6-7,9H2,1-2H3/t12-,13-,14-/m1/s1. The van der Waals surface area contributed by atoms with Gasteiger partial charge in [-0.15, -0.1) is 23.2 Å². The molecular weight excluding hydrogens is 334 g/mol. The molecule has 0 saturated heterocycles. The van der Waals surface area contributed by atoms with Gasteiger partial charge in [-0.1, -0.05) is 18.2 Å². The summed E-state index contributed by atoms with van der Waals surface area (Å²) in [5.74, 6) is 0.0306. The molecule has 2 fully saturated rings. The minimum Gasteiger partial charge on any atom is -0.306 e. The fourth-order valence-corrected chi connectivity index (χ4v) is 5.11. The van der Waals surface area contributed by atoms with E-state index in [0.29, 0.717) is 12.0 Å². The van der Waals surface area contributed by atoms with Gasteiger partial charge in [0, 0.05) is 17.4 Å². The highest BCUT2D eigenvalue weighted by molar-refractivity contribution is 6.52. The molecule has 1 nitrogen and oxygen atoms in total. The fourth-order valence-electron chi connectivity index (χ4n) is 4.00. The van der Waals surface area contributed by atoms with Crippen LogP contribution in [-0.2, 0) is 11.6 Å². The van der Waals surface area contributed by atoms with Crippen LogP contribution < -0.4 is 0 Å². The van der Waals surface area contributed by atoms with Crippen LogP contribution in [0.25, 0.3) is 0 Å². The topological polar surface area (TPSA) is 3.24 Å². The number of hydrogen-bond donors (Lipinski definition) is 0. The van der Waals surface area contributed by atoms with Crippen LogP contribution in [0.5, 0.6) is 0 Å². The molecule has 1 aromatic rings. The summed E-state index contributed by atoms with van der Waals surface area (Å²) in [5.41, 5.74) is -0.588. The number of nitrogens with zero attached hydrogens (tertiary/aromatic N) is 1. The van der Waals surface area contributed by atoms with Crippen molar-refractivity contribution in [2.75, 3.05) is 14.1 Å². The van der Waals surface area contributed by atoms with Crippen molar-refractivity contribution in [3.63, 3.8) is 0 Å². The van der Waals surface area contributed by atoms with E-state index >= 15 is 0 Å². The third-order valence-electron chi connectivity index (χ3n) is 5.33. The molecule has 122 valence electrons. The van der Waals surface area contributed by atoms with Crippen LogP contribution >= 0.6 is 23.2 Å². The smallest absolute Gasteiger partial charge is 0.306 e. The number of rotatable bonds is 2. The number of benzene rings is 1. The molecule has 0 amide bonds. The highest BCUT2D eigenvalue weighted by Crippen LogP contribution is 2.75. The molecule has 1 aromatic carbocycles. The number of alkyl halides is 5. The zero-order valence-corrected chi connectivity index (χ0v) is 13.9. The van der Waals surface area contributed by atoms with E-state index in [9.17, 15) is 13.2 Å². The van der Waals surface area contributed by atoms with Crippen molar-refractivity contribution in [1.82, 2.24) is 4.90 Å². The lowest BCUT2D eigenvalue weighted by Crippen LogP contribution is -2.36. The molecule has 2 aliphatic rings. The van der Waals surface area contributed by atoms with Crippen LogP contribution in [0.2, 0.25) is 0 Å². The Morgan fingerprint density at radius 1 is 1.18 bits per heavy atom. The van der Waals surface area contributed by atoms with Crippen LogP contribution in [-0.4, -0.2) is 29.4 Å². The van der Waals surface area contributed by atoms with E-state index in [-0.39, 0.29) is 12.0 Å². The van der Waals surface area contributed by atoms with Crippen LogP contribution in [0, 0.1) is 5.92 Å². The minimum atomic E-state index is -4.35. The van der Waals surface area contributed by atoms with Gasteiger partial charge in [0.2, 0.25) is 0 Å². The predicted molar refractivity (Wildman–Crippen MR) is 82.4 cm³/mol. The molecule has 2 saturated carbocycles. The largest absolute Gasteiger partial charge is 0.416 e. The van der Waals surface area contributed by atoms with Gasteiger partial charge in [0.1, 0.15) is 4.33 Å². The number of halogens is 5. The van der Waals surface area contributed by atoms with Gasteiger partial charge in [0.05, 0.1) is 5.56 Å². The molecule has 0 N–H and O–H groups in total. The summed E-state index contributed by atoms with van der Waals surface area (Å²) >= 11 is 13.0. The zero-order valence-electron chi connectivity index (χ0n) is 12.4. The van der Waals surface area contributed by atoms with E-state index in [1.807, 2.05) is 14.1 Å². The Morgan fingerprint density at radius 3 is 2.45 bits per heavy atom. The third-order valence-corrected chi connectivity index (χ3v) is 6.53. The van der Waals surface area contributed by atoms with E-state index in [1.165, 1.54) is 12.1 Å². The van der Waals surface area contributed by atoms with Gasteiger partial charge in [0.25, 0.3) is 0 Å². The molecule has 3 atom stereocenters. The average molecular weight is 352 g/mol. The molecule has 0 heterocycles. The van der Waals surface area contributed by atoms with Crippen molar-refractivity contribution in [2.24, 2.45) is 5.92 Å². The first kappa shape index (κ1) is 16.4. The van der Waals surface area contributed by atoms with Gasteiger partial charge in [0.15, 0.2) is 0 Å².